The number of rotatable bonds is 8. The van der Waals surface area contributed by atoms with Gasteiger partial charge in [0.1, 0.15) is 0 Å². The van der Waals surface area contributed by atoms with Crippen molar-refractivity contribution in [1.29, 1.82) is 0 Å². The van der Waals surface area contributed by atoms with E-state index in [0.29, 0.717) is 0 Å². The van der Waals surface area contributed by atoms with Crippen LogP contribution in [0, 0.1) is 0 Å². The van der Waals surface area contributed by atoms with Gasteiger partial charge in [-0.05, 0) is 24.2 Å². The monoisotopic (exact) mass is 318 g/mol. The molecule has 0 atom stereocenters. The lowest BCUT2D eigenvalue weighted by Gasteiger charge is -2.12. The molecule has 0 aromatic heterocycles. The second-order valence-corrected chi connectivity index (χ2v) is 10.4. The van der Waals surface area contributed by atoms with Crippen LogP contribution in [-0.2, 0) is 8.85 Å². The van der Waals surface area contributed by atoms with E-state index in [9.17, 15) is 9.59 Å². The summed E-state index contributed by atoms with van der Waals surface area (Å²) in [6.45, 7) is 8.07. The van der Waals surface area contributed by atoms with Gasteiger partial charge in [0.25, 0.3) is 0 Å². The van der Waals surface area contributed by atoms with Gasteiger partial charge in [0.05, 0.1) is 0 Å². The quantitative estimate of drug-likeness (QED) is 0.500. The van der Waals surface area contributed by atoms with Crippen LogP contribution in [0.5, 0.6) is 0 Å². The van der Waals surface area contributed by atoms with Gasteiger partial charge in [0.2, 0.25) is 18.1 Å². The molecule has 0 fully saturated rings. The molecule has 0 heterocycles. The average molecular weight is 319 g/mol. The first kappa shape index (κ1) is 19.0. The van der Waals surface area contributed by atoms with Gasteiger partial charge < -0.3 is 8.85 Å². The summed E-state index contributed by atoms with van der Waals surface area (Å²) in [7, 11) is -3.05. The maximum Gasteiger partial charge on any atom is 0.438 e. The molecule has 6 nitrogen and oxygen atoms in total. The van der Waals surface area contributed by atoms with Crippen molar-refractivity contribution in [2.75, 3.05) is 0 Å². The van der Waals surface area contributed by atoms with Crippen molar-refractivity contribution >= 4 is 30.3 Å². The summed E-state index contributed by atoms with van der Waals surface area (Å²) >= 11 is 0. The third-order valence-corrected chi connectivity index (χ3v) is 8.21. The number of hydrogen-bond acceptors (Lipinski definition) is 4. The second kappa shape index (κ2) is 11.8. The van der Waals surface area contributed by atoms with Crippen LogP contribution in [0.1, 0.15) is 40.5 Å². The van der Waals surface area contributed by atoms with Crippen LogP contribution in [0.15, 0.2) is 10.2 Å². The van der Waals surface area contributed by atoms with Crippen molar-refractivity contribution in [3.05, 3.63) is 0 Å². The lowest BCUT2D eigenvalue weighted by molar-refractivity contribution is 0.200. The molecule has 0 N–H and O–H groups in total. The van der Waals surface area contributed by atoms with E-state index < -0.39 is 30.3 Å². The molecule has 2 amide bonds. The summed E-state index contributed by atoms with van der Waals surface area (Å²) in [5.41, 5.74) is 0. The van der Waals surface area contributed by atoms with Gasteiger partial charge in [-0.3, -0.25) is 0 Å². The fraction of sp³-hybridized carbons (Fsp3) is 0.833. The maximum absolute atomic E-state index is 11.5. The van der Waals surface area contributed by atoms with Crippen LogP contribution < -0.4 is 0 Å². The summed E-state index contributed by atoms with van der Waals surface area (Å²) < 4.78 is 10.4. The summed E-state index contributed by atoms with van der Waals surface area (Å²) in [6, 6.07) is 3.56. The minimum absolute atomic E-state index is 0.758. The molecule has 0 aromatic rings. The van der Waals surface area contributed by atoms with Gasteiger partial charge in [-0.1, -0.05) is 50.8 Å². The lowest BCUT2D eigenvalue weighted by atomic mass is 10.6. The molecule has 0 aromatic carbocycles. The molecule has 8 heteroatoms. The van der Waals surface area contributed by atoms with Gasteiger partial charge in [-0.15, -0.1) is 0 Å². The maximum atomic E-state index is 11.5. The summed E-state index contributed by atoms with van der Waals surface area (Å²) in [6.07, 6.45) is 0.450. The van der Waals surface area contributed by atoms with Gasteiger partial charge in [-0.2, -0.15) is 0 Å². The molecular weight excluding hydrogens is 292 g/mol. The highest BCUT2D eigenvalue weighted by molar-refractivity contribution is 6.54. The largest absolute Gasteiger partial charge is 0.504 e. The Labute approximate surface area is 124 Å². The number of carbonyl (C=O) groups excluding carboxylic acids is 2. The Morgan fingerprint density at radius 2 is 1.20 bits per heavy atom. The van der Waals surface area contributed by atoms with Gasteiger partial charge in [-0.25, -0.2) is 9.59 Å². The SMILES string of the molecule is CCC[SiH](CCC)OC(=O)N=NC(=O)O[SiH](CC)CC. The first-order chi connectivity index (χ1) is 9.57. The van der Waals surface area contributed by atoms with Gasteiger partial charge in [0, 0.05) is 0 Å². The first-order valence-corrected chi connectivity index (χ1v) is 11.6. The molecule has 116 valence electrons. The zero-order valence-electron chi connectivity index (χ0n) is 12.9. The molecule has 0 bridgehead atoms. The van der Waals surface area contributed by atoms with Crippen molar-refractivity contribution in [3.63, 3.8) is 0 Å². The molecule has 0 aliphatic rings. The molecule has 0 rings (SSSR count). The Bertz CT molecular complexity index is 317. The van der Waals surface area contributed by atoms with Gasteiger partial charge >= 0.3 is 12.2 Å². The summed E-state index contributed by atoms with van der Waals surface area (Å²) in [5.74, 6) is 0. The van der Waals surface area contributed by atoms with Crippen LogP contribution in [0.3, 0.4) is 0 Å². The van der Waals surface area contributed by atoms with E-state index in [-0.39, 0.29) is 0 Å². The zero-order chi connectivity index (χ0) is 15.4. The molecule has 0 spiro atoms. The van der Waals surface area contributed by atoms with E-state index in [2.05, 4.69) is 24.1 Å². The van der Waals surface area contributed by atoms with Gasteiger partial charge in [0.15, 0.2) is 0 Å². The number of nitrogens with zero attached hydrogens (tertiary/aromatic N) is 2. The predicted octanol–water partition coefficient (Wildman–Crippen LogP) is 4.02. The Hall–Kier alpha value is -1.03. The van der Waals surface area contributed by atoms with E-state index in [0.717, 1.165) is 37.0 Å². The fourth-order valence-electron chi connectivity index (χ4n) is 1.78. The summed E-state index contributed by atoms with van der Waals surface area (Å²) in [5, 5.41) is 6.58. The fourth-order valence-corrected chi connectivity index (χ4v) is 5.16. The molecule has 20 heavy (non-hydrogen) atoms. The number of hydrogen-bond donors (Lipinski definition) is 0. The standard InChI is InChI=1S/C12H26N2O4Si2/c1-5-9-20(10-6-2)18-12(16)14-13-11(15)17-19(7-3)8-4/h19-20H,5-10H2,1-4H3. The molecule has 0 unspecified atom stereocenters. The van der Waals surface area contributed by atoms with Crippen molar-refractivity contribution in [3.8, 4) is 0 Å². The van der Waals surface area contributed by atoms with Crippen molar-refractivity contribution in [2.45, 2.75) is 64.7 Å². The summed E-state index contributed by atoms with van der Waals surface area (Å²) in [4.78, 5) is 22.9. The Kier molecular flexibility index (Phi) is 11.2. The number of azo groups is 1. The Balaban J connectivity index is 4.22. The van der Waals surface area contributed by atoms with E-state index in [1.807, 2.05) is 13.8 Å². The normalized spacial score (nSPS) is 11.3. The van der Waals surface area contributed by atoms with Crippen molar-refractivity contribution in [2.24, 2.45) is 10.2 Å². The van der Waals surface area contributed by atoms with E-state index in [1.54, 1.807) is 0 Å². The van der Waals surface area contributed by atoms with Crippen LogP contribution in [0.25, 0.3) is 0 Å². The van der Waals surface area contributed by atoms with Crippen LogP contribution >= 0.6 is 0 Å². The lowest BCUT2D eigenvalue weighted by Crippen LogP contribution is -2.20. The Morgan fingerprint density at radius 1 is 0.800 bits per heavy atom. The van der Waals surface area contributed by atoms with Crippen molar-refractivity contribution < 1.29 is 18.4 Å². The van der Waals surface area contributed by atoms with E-state index in [4.69, 9.17) is 8.85 Å². The minimum atomic E-state index is -1.54. The van der Waals surface area contributed by atoms with Crippen molar-refractivity contribution in [1.82, 2.24) is 0 Å². The van der Waals surface area contributed by atoms with E-state index in [1.165, 1.54) is 0 Å². The van der Waals surface area contributed by atoms with Crippen LogP contribution in [0.2, 0.25) is 24.2 Å². The highest BCUT2D eigenvalue weighted by Crippen LogP contribution is 2.09. The topological polar surface area (TPSA) is 77.3 Å². The van der Waals surface area contributed by atoms with E-state index >= 15 is 0 Å². The average Bonchev–Trinajstić information content (AvgIpc) is 2.43. The zero-order valence-corrected chi connectivity index (χ0v) is 15.2. The van der Waals surface area contributed by atoms with Crippen LogP contribution in [-0.4, -0.2) is 30.3 Å². The number of amides is 2. The highest BCUT2D eigenvalue weighted by Gasteiger charge is 2.16. The molecule has 0 saturated carbocycles. The molecule has 0 aliphatic carbocycles. The minimum Gasteiger partial charge on any atom is -0.504 e. The Morgan fingerprint density at radius 3 is 1.55 bits per heavy atom. The molecule has 0 radical (unpaired) electrons. The molecule has 0 aliphatic heterocycles. The second-order valence-electron chi connectivity index (χ2n) is 4.61. The molecule has 0 saturated heterocycles. The first-order valence-electron chi connectivity index (χ1n) is 7.40. The third kappa shape index (κ3) is 8.97. The third-order valence-electron chi connectivity index (χ3n) is 2.88. The smallest absolute Gasteiger partial charge is 0.438 e. The highest BCUT2D eigenvalue weighted by atomic mass is 28.3. The molecular formula is C12H26N2O4Si2. The number of carbonyl (C=O) groups is 2. The van der Waals surface area contributed by atoms with Crippen LogP contribution in [0.4, 0.5) is 9.59 Å². The predicted molar refractivity (Wildman–Crippen MR) is 83.3 cm³/mol.